The number of carbonyl (C=O) groups is 1. The van der Waals surface area contributed by atoms with Crippen LogP contribution in [0.2, 0.25) is 0 Å². The highest BCUT2D eigenvalue weighted by Crippen LogP contribution is 2.22. The maximum Gasteiger partial charge on any atom is 0.242 e. The number of piperidine rings is 1. The van der Waals surface area contributed by atoms with Crippen LogP contribution in [0.4, 0.5) is 0 Å². The summed E-state index contributed by atoms with van der Waals surface area (Å²) in [6.07, 6.45) is 2.00. The van der Waals surface area contributed by atoms with Gasteiger partial charge < -0.3 is 9.80 Å². The SMILES string of the molecule is CN1CCC(N(C)C(=O)C(C)(C)C#N)CC1. The first-order chi connectivity index (χ1) is 7.38. The van der Waals surface area contributed by atoms with E-state index in [9.17, 15) is 4.79 Å². The molecule has 0 aromatic rings. The lowest BCUT2D eigenvalue weighted by Crippen LogP contribution is -2.48. The molecule has 1 fully saturated rings. The molecule has 0 unspecified atom stereocenters. The number of rotatable bonds is 2. The van der Waals surface area contributed by atoms with Crippen molar-refractivity contribution < 1.29 is 4.79 Å². The van der Waals surface area contributed by atoms with E-state index in [0.717, 1.165) is 25.9 Å². The third-order valence-corrected chi connectivity index (χ3v) is 3.37. The van der Waals surface area contributed by atoms with Crippen LogP contribution in [-0.2, 0) is 4.79 Å². The van der Waals surface area contributed by atoms with Crippen LogP contribution in [0.3, 0.4) is 0 Å². The largest absolute Gasteiger partial charge is 0.341 e. The fourth-order valence-corrected chi connectivity index (χ4v) is 2.04. The Morgan fingerprint density at radius 2 is 1.94 bits per heavy atom. The van der Waals surface area contributed by atoms with E-state index in [-0.39, 0.29) is 11.9 Å². The number of amides is 1. The average molecular weight is 223 g/mol. The molecule has 0 spiro atoms. The Morgan fingerprint density at radius 1 is 1.44 bits per heavy atom. The molecule has 0 aliphatic carbocycles. The molecule has 1 saturated heterocycles. The molecule has 1 rings (SSSR count). The van der Waals surface area contributed by atoms with Gasteiger partial charge in [0.15, 0.2) is 0 Å². The lowest BCUT2D eigenvalue weighted by Gasteiger charge is -2.37. The van der Waals surface area contributed by atoms with E-state index in [1.54, 1.807) is 18.7 Å². The van der Waals surface area contributed by atoms with Crippen molar-refractivity contribution in [2.24, 2.45) is 5.41 Å². The number of hydrogen-bond acceptors (Lipinski definition) is 3. The van der Waals surface area contributed by atoms with E-state index in [1.807, 2.05) is 7.05 Å². The molecule has 1 heterocycles. The molecule has 0 saturated carbocycles. The fraction of sp³-hybridized carbons (Fsp3) is 0.833. The van der Waals surface area contributed by atoms with E-state index < -0.39 is 5.41 Å². The summed E-state index contributed by atoms with van der Waals surface area (Å²) in [5, 5.41) is 8.95. The number of nitrogens with zero attached hydrogens (tertiary/aromatic N) is 3. The minimum Gasteiger partial charge on any atom is -0.341 e. The van der Waals surface area contributed by atoms with Crippen LogP contribution in [0.1, 0.15) is 26.7 Å². The maximum atomic E-state index is 12.1. The van der Waals surface area contributed by atoms with Gasteiger partial charge in [0.25, 0.3) is 0 Å². The number of nitriles is 1. The molecule has 1 aliphatic rings. The predicted molar refractivity (Wildman–Crippen MR) is 62.7 cm³/mol. The van der Waals surface area contributed by atoms with Crippen molar-refractivity contribution in [1.82, 2.24) is 9.80 Å². The molecule has 0 atom stereocenters. The molecule has 1 amide bonds. The van der Waals surface area contributed by atoms with Gasteiger partial charge in [-0.1, -0.05) is 0 Å². The second kappa shape index (κ2) is 4.84. The summed E-state index contributed by atoms with van der Waals surface area (Å²) in [5.74, 6) is -0.0652. The Balaban J connectivity index is 2.62. The molecule has 0 aromatic carbocycles. The molecule has 90 valence electrons. The van der Waals surface area contributed by atoms with E-state index in [1.165, 1.54) is 0 Å². The summed E-state index contributed by atoms with van der Waals surface area (Å²) in [5.41, 5.74) is -0.905. The number of hydrogen-bond donors (Lipinski definition) is 0. The quantitative estimate of drug-likeness (QED) is 0.704. The zero-order valence-corrected chi connectivity index (χ0v) is 10.7. The fourth-order valence-electron chi connectivity index (χ4n) is 2.04. The second-order valence-corrected chi connectivity index (χ2v) is 5.19. The van der Waals surface area contributed by atoms with Gasteiger partial charge in [0.1, 0.15) is 5.41 Å². The van der Waals surface area contributed by atoms with Gasteiger partial charge in [-0.05, 0) is 46.8 Å². The summed E-state index contributed by atoms with van der Waals surface area (Å²) in [6, 6.07) is 2.36. The minimum atomic E-state index is -0.905. The van der Waals surface area contributed by atoms with Crippen LogP contribution < -0.4 is 0 Å². The molecule has 4 heteroatoms. The van der Waals surface area contributed by atoms with Crippen LogP contribution in [0.5, 0.6) is 0 Å². The van der Waals surface area contributed by atoms with Crippen LogP contribution in [0.25, 0.3) is 0 Å². The molecular weight excluding hydrogens is 202 g/mol. The summed E-state index contributed by atoms with van der Waals surface area (Å²) in [7, 11) is 3.91. The first-order valence-electron chi connectivity index (χ1n) is 5.75. The van der Waals surface area contributed by atoms with Crippen molar-refractivity contribution in [3.8, 4) is 6.07 Å². The van der Waals surface area contributed by atoms with Crippen LogP contribution in [-0.4, -0.2) is 48.9 Å². The third kappa shape index (κ3) is 2.73. The molecule has 4 nitrogen and oxygen atoms in total. The number of carbonyl (C=O) groups excluding carboxylic acids is 1. The summed E-state index contributed by atoms with van der Waals surface area (Å²) in [6.45, 7) is 5.41. The van der Waals surface area contributed by atoms with Crippen LogP contribution in [0.15, 0.2) is 0 Å². The highest BCUT2D eigenvalue weighted by molar-refractivity contribution is 5.84. The van der Waals surface area contributed by atoms with E-state index in [4.69, 9.17) is 5.26 Å². The second-order valence-electron chi connectivity index (χ2n) is 5.19. The van der Waals surface area contributed by atoms with Crippen molar-refractivity contribution in [2.75, 3.05) is 27.2 Å². The van der Waals surface area contributed by atoms with Crippen molar-refractivity contribution in [3.05, 3.63) is 0 Å². The Kier molecular flexibility index (Phi) is 3.93. The average Bonchev–Trinajstić information content (AvgIpc) is 2.28. The monoisotopic (exact) mass is 223 g/mol. The van der Waals surface area contributed by atoms with Crippen LogP contribution in [0, 0.1) is 16.7 Å². The summed E-state index contributed by atoms with van der Waals surface area (Å²) >= 11 is 0. The Hall–Kier alpha value is -1.08. The minimum absolute atomic E-state index is 0.0652. The van der Waals surface area contributed by atoms with Gasteiger partial charge in [0.05, 0.1) is 6.07 Å². The van der Waals surface area contributed by atoms with E-state index in [2.05, 4.69) is 18.0 Å². The highest BCUT2D eigenvalue weighted by atomic mass is 16.2. The lowest BCUT2D eigenvalue weighted by molar-refractivity contribution is -0.139. The van der Waals surface area contributed by atoms with Crippen molar-refractivity contribution >= 4 is 5.91 Å². The van der Waals surface area contributed by atoms with Gasteiger partial charge >= 0.3 is 0 Å². The molecule has 1 aliphatic heterocycles. The maximum absolute atomic E-state index is 12.1. The predicted octanol–water partition coefficient (Wildman–Crippen LogP) is 1.09. The van der Waals surface area contributed by atoms with Gasteiger partial charge in [-0.3, -0.25) is 4.79 Å². The van der Waals surface area contributed by atoms with Gasteiger partial charge in [-0.25, -0.2) is 0 Å². The van der Waals surface area contributed by atoms with Crippen molar-refractivity contribution in [1.29, 1.82) is 5.26 Å². The third-order valence-electron chi connectivity index (χ3n) is 3.37. The van der Waals surface area contributed by atoms with Crippen molar-refractivity contribution in [2.45, 2.75) is 32.7 Å². The molecule has 0 aromatic heterocycles. The standard InChI is InChI=1S/C12H21N3O/c1-12(2,9-13)11(16)15(4)10-5-7-14(3)8-6-10/h10H,5-8H2,1-4H3. The molecule has 16 heavy (non-hydrogen) atoms. The van der Waals surface area contributed by atoms with Gasteiger partial charge in [0.2, 0.25) is 5.91 Å². The van der Waals surface area contributed by atoms with E-state index >= 15 is 0 Å². The first kappa shape index (κ1) is 13.0. The molecule has 0 bridgehead atoms. The van der Waals surface area contributed by atoms with Crippen molar-refractivity contribution in [3.63, 3.8) is 0 Å². The topological polar surface area (TPSA) is 47.3 Å². The van der Waals surface area contributed by atoms with Gasteiger partial charge in [0, 0.05) is 13.1 Å². The molecule has 0 N–H and O–H groups in total. The van der Waals surface area contributed by atoms with E-state index in [0.29, 0.717) is 0 Å². The number of likely N-dealkylation sites (tertiary alicyclic amines) is 1. The van der Waals surface area contributed by atoms with Crippen LogP contribution >= 0.6 is 0 Å². The first-order valence-corrected chi connectivity index (χ1v) is 5.75. The summed E-state index contributed by atoms with van der Waals surface area (Å²) < 4.78 is 0. The zero-order chi connectivity index (χ0) is 12.3. The Labute approximate surface area is 97.8 Å². The zero-order valence-electron chi connectivity index (χ0n) is 10.7. The lowest BCUT2D eigenvalue weighted by atomic mass is 9.92. The Bertz CT molecular complexity index is 298. The van der Waals surface area contributed by atoms with Gasteiger partial charge in [-0.2, -0.15) is 5.26 Å². The molecular formula is C12H21N3O. The van der Waals surface area contributed by atoms with Gasteiger partial charge in [-0.15, -0.1) is 0 Å². The normalized spacial score (nSPS) is 19.2. The Morgan fingerprint density at radius 3 is 2.38 bits per heavy atom. The highest BCUT2D eigenvalue weighted by Gasteiger charge is 2.34. The summed E-state index contributed by atoms with van der Waals surface area (Å²) in [4.78, 5) is 16.1. The molecule has 0 radical (unpaired) electrons. The smallest absolute Gasteiger partial charge is 0.242 e.